The Balaban J connectivity index is 1.57. The van der Waals surface area contributed by atoms with Crippen molar-refractivity contribution in [3.63, 3.8) is 0 Å². The molecule has 2 unspecified atom stereocenters. The lowest BCUT2D eigenvalue weighted by atomic mass is 9.55. The molecule has 4 aliphatic rings. The number of aliphatic hydroxyl groups excluding tert-OH is 1. The molecule has 0 amide bonds. The minimum atomic E-state index is 0.330. The lowest BCUT2D eigenvalue weighted by molar-refractivity contribution is -0.128. The number of hydrogen-bond acceptors (Lipinski definition) is 2. The highest BCUT2D eigenvalue weighted by atomic mass is 16.2. The van der Waals surface area contributed by atoms with Gasteiger partial charge >= 0.3 is 0 Å². The van der Waals surface area contributed by atoms with Crippen LogP contribution >= 0.6 is 0 Å². The van der Waals surface area contributed by atoms with Crippen molar-refractivity contribution in [2.45, 2.75) is 96.3 Å². The molecule has 0 aromatic heterocycles. The van der Waals surface area contributed by atoms with Crippen LogP contribution in [0.3, 0.4) is 0 Å². The molecule has 0 aliphatic heterocycles. The molecule has 4 fully saturated rings. The highest BCUT2D eigenvalue weighted by Crippen LogP contribution is 2.70. The van der Waals surface area contributed by atoms with Crippen molar-refractivity contribution in [2.75, 3.05) is 6.61 Å². The largest absolute Gasteiger partial charge is 0.396 e. The predicted molar refractivity (Wildman–Crippen MR) is 96.7 cm³/mol. The Morgan fingerprint density at radius 1 is 0.958 bits per heavy atom. The standard InChI is InChI=1S/C22H36O2/c23-15-4-7-17-6-3-8-18(16-17)20-19(24)9-14-22(20)13-5-12-21(22)10-1-2-11-21/h17-18,20,23H,1-16H2/t17?,18?,20-,22-/m1/s1. The summed E-state index contributed by atoms with van der Waals surface area (Å²) in [6, 6.07) is 0. The molecule has 4 rings (SSSR count). The minimum Gasteiger partial charge on any atom is -0.396 e. The molecule has 1 N–H and O–H groups in total. The second-order valence-electron chi connectivity index (χ2n) is 9.60. The molecule has 136 valence electrons. The van der Waals surface area contributed by atoms with Crippen LogP contribution in [0, 0.1) is 28.6 Å². The van der Waals surface area contributed by atoms with Crippen molar-refractivity contribution < 1.29 is 9.90 Å². The third kappa shape index (κ3) is 2.59. The summed E-state index contributed by atoms with van der Waals surface area (Å²) < 4.78 is 0. The maximum atomic E-state index is 13.1. The topological polar surface area (TPSA) is 37.3 Å². The van der Waals surface area contributed by atoms with E-state index >= 15 is 0 Å². The number of Topliss-reactive ketones (excluding diaryl/α,β-unsaturated/α-hetero) is 1. The first kappa shape index (κ1) is 17.1. The smallest absolute Gasteiger partial charge is 0.136 e. The van der Waals surface area contributed by atoms with E-state index in [1.807, 2.05) is 0 Å². The number of fused-ring (bicyclic) bond motifs is 1. The highest BCUT2D eigenvalue weighted by molar-refractivity contribution is 5.85. The third-order valence-electron chi connectivity index (χ3n) is 8.72. The second kappa shape index (κ2) is 6.74. The number of carbonyl (C=O) groups is 1. The molecule has 2 heteroatoms. The molecule has 0 aromatic carbocycles. The van der Waals surface area contributed by atoms with Crippen molar-refractivity contribution >= 4 is 5.78 Å². The van der Waals surface area contributed by atoms with Gasteiger partial charge in [0.05, 0.1) is 0 Å². The van der Waals surface area contributed by atoms with Gasteiger partial charge in [0.2, 0.25) is 0 Å². The van der Waals surface area contributed by atoms with Gasteiger partial charge in [-0.15, -0.1) is 0 Å². The van der Waals surface area contributed by atoms with Crippen molar-refractivity contribution in [3.8, 4) is 0 Å². The summed E-state index contributed by atoms with van der Waals surface area (Å²) in [7, 11) is 0. The maximum Gasteiger partial charge on any atom is 0.136 e. The van der Waals surface area contributed by atoms with Gasteiger partial charge in [-0.1, -0.05) is 32.1 Å². The van der Waals surface area contributed by atoms with E-state index in [-0.39, 0.29) is 0 Å². The fourth-order valence-corrected chi connectivity index (χ4v) is 7.89. The van der Waals surface area contributed by atoms with E-state index in [0.717, 1.165) is 18.8 Å². The molecule has 2 spiro atoms. The van der Waals surface area contributed by atoms with Gasteiger partial charge in [-0.3, -0.25) is 4.79 Å². The summed E-state index contributed by atoms with van der Waals surface area (Å²) in [6.07, 6.45) is 19.2. The molecule has 4 aliphatic carbocycles. The molecule has 0 heterocycles. The van der Waals surface area contributed by atoms with Crippen LogP contribution in [-0.4, -0.2) is 17.5 Å². The Labute approximate surface area is 147 Å². The molecule has 2 nitrogen and oxygen atoms in total. The third-order valence-corrected chi connectivity index (χ3v) is 8.72. The van der Waals surface area contributed by atoms with Crippen LogP contribution in [0.2, 0.25) is 0 Å². The Kier molecular flexibility index (Phi) is 4.79. The van der Waals surface area contributed by atoms with Crippen LogP contribution in [0.5, 0.6) is 0 Å². The molecule has 4 atom stereocenters. The van der Waals surface area contributed by atoms with Crippen molar-refractivity contribution in [2.24, 2.45) is 28.6 Å². The Bertz CT molecular complexity index is 459. The monoisotopic (exact) mass is 332 g/mol. The zero-order valence-corrected chi connectivity index (χ0v) is 15.4. The average molecular weight is 333 g/mol. The molecule has 4 saturated carbocycles. The van der Waals surface area contributed by atoms with Crippen molar-refractivity contribution in [1.82, 2.24) is 0 Å². The van der Waals surface area contributed by atoms with Gasteiger partial charge in [-0.25, -0.2) is 0 Å². The maximum absolute atomic E-state index is 13.1. The molecule has 0 radical (unpaired) electrons. The summed E-state index contributed by atoms with van der Waals surface area (Å²) in [5.74, 6) is 2.46. The fraction of sp³-hybridized carbons (Fsp3) is 0.955. The van der Waals surface area contributed by atoms with Crippen molar-refractivity contribution in [1.29, 1.82) is 0 Å². The molecule has 0 saturated heterocycles. The van der Waals surface area contributed by atoms with Gasteiger partial charge in [-0.05, 0) is 80.5 Å². The van der Waals surface area contributed by atoms with Gasteiger partial charge in [0.15, 0.2) is 0 Å². The average Bonchev–Trinajstić information content (AvgIpc) is 3.29. The number of rotatable bonds is 4. The van der Waals surface area contributed by atoms with E-state index < -0.39 is 0 Å². The second-order valence-corrected chi connectivity index (χ2v) is 9.60. The van der Waals surface area contributed by atoms with Gasteiger partial charge < -0.3 is 5.11 Å². The van der Waals surface area contributed by atoms with E-state index in [9.17, 15) is 4.79 Å². The first-order chi connectivity index (χ1) is 11.7. The van der Waals surface area contributed by atoms with Crippen LogP contribution in [0.15, 0.2) is 0 Å². The Morgan fingerprint density at radius 2 is 1.75 bits per heavy atom. The van der Waals surface area contributed by atoms with Crippen molar-refractivity contribution in [3.05, 3.63) is 0 Å². The number of aliphatic hydroxyl groups is 1. The van der Waals surface area contributed by atoms with Gasteiger partial charge in [0.25, 0.3) is 0 Å². The summed E-state index contributed by atoms with van der Waals surface area (Å²) in [5.41, 5.74) is 0.936. The SMILES string of the molecule is O=C1CC[C@]2(CCCC23CCCC3)[C@@H]1C1CCCC(CCCO)C1. The van der Waals surface area contributed by atoms with Crippen LogP contribution in [0.1, 0.15) is 96.3 Å². The number of ketones is 1. The summed E-state index contributed by atoms with van der Waals surface area (Å²) >= 11 is 0. The number of hydrogen-bond donors (Lipinski definition) is 1. The first-order valence-electron chi connectivity index (χ1n) is 10.8. The van der Waals surface area contributed by atoms with E-state index in [1.54, 1.807) is 0 Å². The lowest BCUT2D eigenvalue weighted by Gasteiger charge is -2.49. The molecular formula is C22H36O2. The van der Waals surface area contributed by atoms with Gasteiger partial charge in [-0.2, -0.15) is 0 Å². The van der Waals surface area contributed by atoms with Gasteiger partial charge in [0, 0.05) is 18.9 Å². The summed E-state index contributed by atoms with van der Waals surface area (Å²) in [4.78, 5) is 13.1. The van der Waals surface area contributed by atoms with E-state index in [1.165, 1.54) is 83.5 Å². The zero-order valence-electron chi connectivity index (χ0n) is 15.4. The van der Waals surface area contributed by atoms with E-state index in [0.29, 0.717) is 35.1 Å². The molecule has 0 bridgehead atoms. The number of carbonyl (C=O) groups excluding carboxylic acids is 1. The van der Waals surface area contributed by atoms with Crippen LogP contribution in [0.4, 0.5) is 0 Å². The quantitative estimate of drug-likeness (QED) is 0.761. The fourth-order valence-electron chi connectivity index (χ4n) is 7.89. The molecule has 0 aromatic rings. The Morgan fingerprint density at radius 3 is 2.54 bits per heavy atom. The van der Waals surface area contributed by atoms with Crippen LogP contribution < -0.4 is 0 Å². The van der Waals surface area contributed by atoms with E-state index in [2.05, 4.69) is 0 Å². The van der Waals surface area contributed by atoms with E-state index in [4.69, 9.17) is 5.11 Å². The summed E-state index contributed by atoms with van der Waals surface area (Å²) in [6.45, 7) is 0.330. The highest BCUT2D eigenvalue weighted by Gasteiger charge is 2.64. The van der Waals surface area contributed by atoms with Gasteiger partial charge in [0.1, 0.15) is 5.78 Å². The normalized spacial score (nSPS) is 41.7. The minimum absolute atomic E-state index is 0.330. The molecular weight excluding hydrogens is 296 g/mol. The first-order valence-corrected chi connectivity index (χ1v) is 10.8. The lowest BCUT2D eigenvalue weighted by Crippen LogP contribution is -2.44. The van der Waals surface area contributed by atoms with Crippen LogP contribution in [-0.2, 0) is 4.79 Å². The molecule has 24 heavy (non-hydrogen) atoms. The van der Waals surface area contributed by atoms with Crippen LogP contribution in [0.25, 0.3) is 0 Å². The predicted octanol–water partition coefficient (Wildman–Crippen LogP) is 5.28. The summed E-state index contributed by atoms with van der Waals surface area (Å²) in [5, 5.41) is 9.17. The Hall–Kier alpha value is -0.370. The zero-order chi connectivity index (χ0) is 16.6.